The van der Waals surface area contributed by atoms with E-state index in [-0.39, 0.29) is 18.4 Å². The van der Waals surface area contributed by atoms with Crippen molar-refractivity contribution in [2.75, 3.05) is 6.54 Å². The van der Waals surface area contributed by atoms with Crippen molar-refractivity contribution in [2.24, 2.45) is 0 Å². The Bertz CT molecular complexity index is 497. The van der Waals surface area contributed by atoms with Crippen LogP contribution in [0.3, 0.4) is 0 Å². The topological polar surface area (TPSA) is 51.2 Å². The van der Waals surface area contributed by atoms with E-state index >= 15 is 0 Å². The molecule has 0 aromatic carbocycles. The van der Waals surface area contributed by atoms with Gasteiger partial charge in [-0.1, -0.05) is 6.07 Å². The van der Waals surface area contributed by atoms with Crippen LogP contribution in [0.2, 0.25) is 0 Å². The Balaban J connectivity index is 2.52. The molecule has 0 aliphatic rings. The van der Waals surface area contributed by atoms with E-state index in [2.05, 4.69) is 10.3 Å². The molecule has 0 aliphatic carbocycles. The molecule has 0 saturated carbocycles. The summed E-state index contributed by atoms with van der Waals surface area (Å²) in [6.07, 6.45) is -3.40. The number of ether oxygens (including phenoxy) is 1. The molecule has 0 atom stereocenters. The predicted molar refractivity (Wildman–Crippen MR) is 76.3 cm³/mol. The number of rotatable bonds is 6. The molecule has 1 rings (SSSR count). The van der Waals surface area contributed by atoms with E-state index in [1.165, 1.54) is 6.07 Å². The number of pyridine rings is 1. The van der Waals surface area contributed by atoms with Gasteiger partial charge in [-0.25, -0.2) is 0 Å². The maximum absolute atomic E-state index is 12.4. The zero-order valence-electron chi connectivity index (χ0n) is 13.1. The van der Waals surface area contributed by atoms with Gasteiger partial charge >= 0.3 is 6.18 Å². The molecule has 0 fully saturated rings. The summed E-state index contributed by atoms with van der Waals surface area (Å²) in [7, 11) is 0. The smallest absolute Gasteiger partial charge is 0.371 e. The second-order valence-corrected chi connectivity index (χ2v) is 5.93. The largest absolute Gasteiger partial charge is 0.433 e. The van der Waals surface area contributed by atoms with Crippen molar-refractivity contribution in [2.45, 2.75) is 52.0 Å². The van der Waals surface area contributed by atoms with Crippen LogP contribution in [0, 0.1) is 0 Å². The molecule has 4 nitrogen and oxygen atoms in total. The van der Waals surface area contributed by atoms with Crippen LogP contribution < -0.4 is 5.32 Å². The Labute approximate surface area is 128 Å². The fourth-order valence-corrected chi connectivity index (χ4v) is 1.94. The predicted octanol–water partition coefficient (Wildman–Crippen LogP) is 2.96. The van der Waals surface area contributed by atoms with Crippen molar-refractivity contribution in [3.8, 4) is 0 Å². The second-order valence-electron chi connectivity index (χ2n) is 5.93. The summed E-state index contributed by atoms with van der Waals surface area (Å²) >= 11 is 0. The highest BCUT2D eigenvalue weighted by Crippen LogP contribution is 2.27. The zero-order chi connectivity index (χ0) is 17.0. The number of aromatic nitrogens is 1. The SMILES string of the molecule is CC(C)OC(C)(C)CNC(=O)Cc1ccc(C(F)(F)F)nc1. The minimum Gasteiger partial charge on any atom is -0.371 e. The fraction of sp³-hybridized carbons (Fsp3) is 0.600. The minimum atomic E-state index is -4.47. The van der Waals surface area contributed by atoms with Crippen molar-refractivity contribution in [1.29, 1.82) is 0 Å². The second kappa shape index (κ2) is 7.09. The molecule has 124 valence electrons. The summed E-state index contributed by atoms with van der Waals surface area (Å²) in [6, 6.07) is 2.12. The third-order valence-electron chi connectivity index (χ3n) is 2.75. The summed E-state index contributed by atoms with van der Waals surface area (Å²) in [6.45, 7) is 7.83. The van der Waals surface area contributed by atoms with E-state index in [4.69, 9.17) is 4.74 Å². The van der Waals surface area contributed by atoms with E-state index < -0.39 is 17.5 Å². The van der Waals surface area contributed by atoms with Crippen LogP contribution in [-0.4, -0.2) is 29.1 Å². The highest BCUT2D eigenvalue weighted by molar-refractivity contribution is 5.78. The van der Waals surface area contributed by atoms with Crippen molar-refractivity contribution < 1.29 is 22.7 Å². The number of carbonyl (C=O) groups is 1. The van der Waals surface area contributed by atoms with Crippen LogP contribution in [-0.2, 0) is 22.1 Å². The number of amides is 1. The number of nitrogens with zero attached hydrogens (tertiary/aromatic N) is 1. The molecule has 0 aliphatic heterocycles. The first kappa shape index (κ1) is 18.4. The van der Waals surface area contributed by atoms with Gasteiger partial charge in [0.05, 0.1) is 18.1 Å². The van der Waals surface area contributed by atoms with Crippen molar-refractivity contribution in [3.63, 3.8) is 0 Å². The Morgan fingerprint density at radius 1 is 1.32 bits per heavy atom. The van der Waals surface area contributed by atoms with E-state index in [1.807, 2.05) is 27.7 Å². The molecule has 1 amide bonds. The van der Waals surface area contributed by atoms with Gasteiger partial charge in [0.15, 0.2) is 0 Å². The molecule has 1 N–H and O–H groups in total. The monoisotopic (exact) mass is 318 g/mol. The van der Waals surface area contributed by atoms with Gasteiger partial charge in [-0.05, 0) is 39.3 Å². The van der Waals surface area contributed by atoms with E-state index in [1.54, 1.807) is 0 Å². The van der Waals surface area contributed by atoms with Crippen LogP contribution in [0.4, 0.5) is 13.2 Å². The van der Waals surface area contributed by atoms with Gasteiger partial charge in [0, 0.05) is 12.7 Å². The Kier molecular flexibility index (Phi) is 5.93. The first-order valence-corrected chi connectivity index (χ1v) is 6.96. The molecule has 22 heavy (non-hydrogen) atoms. The number of carbonyl (C=O) groups excluding carboxylic acids is 1. The summed E-state index contributed by atoms with van der Waals surface area (Å²) in [5.74, 6) is -0.290. The molecule has 1 heterocycles. The molecule has 0 radical (unpaired) electrons. The van der Waals surface area contributed by atoms with Gasteiger partial charge in [0.2, 0.25) is 5.91 Å². The average molecular weight is 318 g/mol. The normalized spacial score (nSPS) is 12.5. The Morgan fingerprint density at radius 3 is 2.41 bits per heavy atom. The van der Waals surface area contributed by atoms with Crippen molar-refractivity contribution in [1.82, 2.24) is 10.3 Å². The summed E-state index contributed by atoms with van der Waals surface area (Å²) in [5.41, 5.74) is -1.06. The summed E-state index contributed by atoms with van der Waals surface area (Å²) < 4.78 is 42.8. The molecule has 0 unspecified atom stereocenters. The Morgan fingerprint density at radius 2 is 1.95 bits per heavy atom. The lowest BCUT2D eigenvalue weighted by molar-refractivity contribution is -0.141. The molecule has 1 aromatic rings. The lowest BCUT2D eigenvalue weighted by Crippen LogP contribution is -2.42. The lowest BCUT2D eigenvalue weighted by atomic mass is 10.1. The van der Waals surface area contributed by atoms with E-state index in [9.17, 15) is 18.0 Å². The number of hydrogen-bond donors (Lipinski definition) is 1. The molecular formula is C15H21F3N2O2. The number of halogens is 3. The standard InChI is InChI=1S/C15H21F3N2O2/c1-10(2)22-14(3,4)9-20-13(21)7-11-5-6-12(19-8-11)15(16,17)18/h5-6,8,10H,7,9H2,1-4H3,(H,20,21). The van der Waals surface area contributed by atoms with Gasteiger partial charge in [-0.3, -0.25) is 9.78 Å². The van der Waals surface area contributed by atoms with E-state index in [0.29, 0.717) is 12.1 Å². The molecule has 0 bridgehead atoms. The molecule has 0 spiro atoms. The Hall–Kier alpha value is -1.63. The minimum absolute atomic E-state index is 0.0249. The van der Waals surface area contributed by atoms with Gasteiger partial charge < -0.3 is 10.1 Å². The molecule has 0 saturated heterocycles. The van der Waals surface area contributed by atoms with Crippen molar-refractivity contribution in [3.05, 3.63) is 29.6 Å². The first-order chi connectivity index (χ1) is 9.99. The molecule has 7 heteroatoms. The van der Waals surface area contributed by atoms with Gasteiger partial charge in [0.25, 0.3) is 0 Å². The fourth-order valence-electron chi connectivity index (χ4n) is 1.94. The number of nitrogens with one attached hydrogen (secondary N) is 1. The van der Waals surface area contributed by atoms with Crippen LogP contribution in [0.5, 0.6) is 0 Å². The van der Waals surface area contributed by atoms with Crippen LogP contribution >= 0.6 is 0 Å². The lowest BCUT2D eigenvalue weighted by Gasteiger charge is -2.28. The maximum atomic E-state index is 12.4. The van der Waals surface area contributed by atoms with E-state index in [0.717, 1.165) is 12.3 Å². The highest BCUT2D eigenvalue weighted by Gasteiger charge is 2.32. The summed E-state index contributed by atoms with van der Waals surface area (Å²) in [5, 5.41) is 2.71. The van der Waals surface area contributed by atoms with Crippen LogP contribution in [0.25, 0.3) is 0 Å². The van der Waals surface area contributed by atoms with Gasteiger partial charge in [-0.15, -0.1) is 0 Å². The van der Waals surface area contributed by atoms with Crippen molar-refractivity contribution >= 4 is 5.91 Å². The summed E-state index contributed by atoms with van der Waals surface area (Å²) in [4.78, 5) is 15.1. The van der Waals surface area contributed by atoms with Crippen LogP contribution in [0.15, 0.2) is 18.3 Å². The third-order valence-corrected chi connectivity index (χ3v) is 2.75. The average Bonchev–Trinajstić information content (AvgIpc) is 2.34. The zero-order valence-corrected chi connectivity index (χ0v) is 13.1. The molecular weight excluding hydrogens is 297 g/mol. The van der Waals surface area contributed by atoms with Gasteiger partial charge in [0.1, 0.15) is 5.69 Å². The third kappa shape index (κ3) is 6.43. The number of hydrogen-bond acceptors (Lipinski definition) is 3. The quantitative estimate of drug-likeness (QED) is 0.877. The van der Waals surface area contributed by atoms with Crippen LogP contribution in [0.1, 0.15) is 39.0 Å². The van der Waals surface area contributed by atoms with Gasteiger partial charge in [-0.2, -0.15) is 13.2 Å². The maximum Gasteiger partial charge on any atom is 0.433 e. The number of alkyl halides is 3. The highest BCUT2D eigenvalue weighted by atomic mass is 19.4. The first-order valence-electron chi connectivity index (χ1n) is 6.96. The molecule has 1 aromatic heterocycles.